The standard InChI is InChI=1S/C14H14ClN3O3S/c1-8(2)12-6-14(17-21-12)18-22(19,20)13-7-16-11-5-9(15)3-4-10(11)13/h3-8,16H,1-2H3,(H,17,18). The summed E-state index contributed by atoms with van der Waals surface area (Å²) in [5, 5.41) is 4.82. The third-order valence-corrected chi connectivity index (χ3v) is 4.86. The van der Waals surface area contributed by atoms with Crippen LogP contribution in [0.25, 0.3) is 10.9 Å². The van der Waals surface area contributed by atoms with E-state index in [-0.39, 0.29) is 16.6 Å². The van der Waals surface area contributed by atoms with Gasteiger partial charge in [-0.3, -0.25) is 4.72 Å². The van der Waals surface area contributed by atoms with Gasteiger partial charge in [-0.05, 0) is 18.2 Å². The predicted molar refractivity (Wildman–Crippen MR) is 84.7 cm³/mol. The fourth-order valence-electron chi connectivity index (χ4n) is 2.10. The minimum Gasteiger partial charge on any atom is -0.360 e. The Morgan fingerprint density at radius 3 is 2.77 bits per heavy atom. The monoisotopic (exact) mass is 339 g/mol. The number of H-pyrrole nitrogens is 1. The van der Waals surface area contributed by atoms with E-state index in [0.29, 0.717) is 21.7 Å². The van der Waals surface area contributed by atoms with Crippen molar-refractivity contribution in [2.24, 2.45) is 0 Å². The molecule has 0 unspecified atom stereocenters. The van der Waals surface area contributed by atoms with Crippen molar-refractivity contribution in [1.29, 1.82) is 0 Å². The van der Waals surface area contributed by atoms with Crippen molar-refractivity contribution in [3.8, 4) is 0 Å². The second kappa shape index (κ2) is 5.33. The van der Waals surface area contributed by atoms with Gasteiger partial charge < -0.3 is 9.51 Å². The number of aromatic amines is 1. The molecule has 8 heteroatoms. The van der Waals surface area contributed by atoms with Gasteiger partial charge in [0, 0.05) is 34.1 Å². The maximum Gasteiger partial charge on any atom is 0.265 e. The number of rotatable bonds is 4. The molecule has 0 saturated carbocycles. The van der Waals surface area contributed by atoms with Crippen molar-refractivity contribution in [3.63, 3.8) is 0 Å². The van der Waals surface area contributed by atoms with Gasteiger partial charge in [-0.25, -0.2) is 8.42 Å². The van der Waals surface area contributed by atoms with E-state index >= 15 is 0 Å². The number of benzene rings is 1. The molecule has 0 radical (unpaired) electrons. The zero-order chi connectivity index (χ0) is 15.9. The lowest BCUT2D eigenvalue weighted by molar-refractivity contribution is 0.373. The van der Waals surface area contributed by atoms with Gasteiger partial charge in [-0.1, -0.05) is 30.6 Å². The first-order chi connectivity index (χ1) is 10.4. The highest BCUT2D eigenvalue weighted by molar-refractivity contribution is 7.93. The summed E-state index contributed by atoms with van der Waals surface area (Å²) in [6.07, 6.45) is 1.42. The summed E-state index contributed by atoms with van der Waals surface area (Å²) >= 11 is 5.90. The summed E-state index contributed by atoms with van der Waals surface area (Å²) in [7, 11) is -3.77. The van der Waals surface area contributed by atoms with Crippen LogP contribution in [0.4, 0.5) is 5.82 Å². The van der Waals surface area contributed by atoms with Gasteiger partial charge in [0.2, 0.25) is 0 Å². The molecule has 0 amide bonds. The largest absolute Gasteiger partial charge is 0.360 e. The third kappa shape index (κ3) is 2.69. The zero-order valence-corrected chi connectivity index (χ0v) is 13.5. The summed E-state index contributed by atoms with van der Waals surface area (Å²) in [6.45, 7) is 3.87. The molecule has 0 saturated heterocycles. The Morgan fingerprint density at radius 1 is 1.32 bits per heavy atom. The van der Waals surface area contributed by atoms with Crippen LogP contribution < -0.4 is 4.72 Å². The van der Waals surface area contributed by atoms with E-state index in [1.54, 1.807) is 24.3 Å². The number of nitrogens with zero attached hydrogens (tertiary/aromatic N) is 1. The van der Waals surface area contributed by atoms with Gasteiger partial charge in [0.15, 0.2) is 5.82 Å². The summed E-state index contributed by atoms with van der Waals surface area (Å²) in [5.74, 6) is 0.899. The quantitative estimate of drug-likeness (QED) is 0.758. The first-order valence-electron chi connectivity index (χ1n) is 6.63. The van der Waals surface area contributed by atoms with Crippen molar-refractivity contribution in [2.75, 3.05) is 4.72 Å². The molecular weight excluding hydrogens is 326 g/mol. The smallest absolute Gasteiger partial charge is 0.265 e. The Morgan fingerprint density at radius 2 is 2.09 bits per heavy atom. The van der Waals surface area contributed by atoms with Gasteiger partial charge in [-0.2, -0.15) is 0 Å². The Labute approximate surface area is 132 Å². The number of halogens is 1. The molecule has 3 aromatic rings. The molecule has 0 bridgehead atoms. The van der Waals surface area contributed by atoms with E-state index in [2.05, 4.69) is 14.9 Å². The average Bonchev–Trinajstić information content (AvgIpc) is 3.04. The van der Waals surface area contributed by atoms with Gasteiger partial charge in [0.05, 0.1) is 0 Å². The summed E-state index contributed by atoms with van der Waals surface area (Å²) in [4.78, 5) is 3.03. The highest BCUT2D eigenvalue weighted by Gasteiger charge is 2.21. The number of nitrogens with one attached hydrogen (secondary N) is 2. The summed E-state index contributed by atoms with van der Waals surface area (Å²) < 4.78 is 32.5. The van der Waals surface area contributed by atoms with Crippen LogP contribution in [0, 0.1) is 0 Å². The first kappa shape index (κ1) is 14.9. The molecule has 1 aromatic carbocycles. The van der Waals surface area contributed by atoms with Crippen LogP contribution in [-0.2, 0) is 10.0 Å². The topological polar surface area (TPSA) is 88.0 Å². The van der Waals surface area contributed by atoms with Crippen molar-refractivity contribution in [3.05, 3.63) is 41.2 Å². The highest BCUT2D eigenvalue weighted by Crippen LogP contribution is 2.27. The summed E-state index contributed by atoms with van der Waals surface area (Å²) in [6, 6.07) is 6.55. The molecule has 2 heterocycles. The number of anilines is 1. The molecule has 0 aliphatic carbocycles. The lowest BCUT2D eigenvalue weighted by atomic mass is 10.2. The second-order valence-corrected chi connectivity index (χ2v) is 7.30. The molecule has 2 aromatic heterocycles. The maximum absolute atomic E-state index is 12.5. The van der Waals surface area contributed by atoms with Crippen LogP contribution in [0.15, 0.2) is 39.9 Å². The Kier molecular flexibility index (Phi) is 3.62. The molecule has 6 nitrogen and oxygen atoms in total. The van der Waals surface area contributed by atoms with Crippen LogP contribution in [0.3, 0.4) is 0 Å². The predicted octanol–water partition coefficient (Wildman–Crippen LogP) is 3.73. The molecule has 116 valence electrons. The molecule has 2 N–H and O–H groups in total. The lowest BCUT2D eigenvalue weighted by Gasteiger charge is -2.03. The molecule has 3 rings (SSSR count). The number of hydrogen-bond acceptors (Lipinski definition) is 4. The van der Waals surface area contributed by atoms with E-state index in [1.165, 1.54) is 6.20 Å². The number of fused-ring (bicyclic) bond motifs is 1. The average molecular weight is 340 g/mol. The minimum absolute atomic E-state index is 0.126. The van der Waals surface area contributed by atoms with Crippen LogP contribution in [0.1, 0.15) is 25.5 Å². The molecule has 22 heavy (non-hydrogen) atoms. The van der Waals surface area contributed by atoms with Crippen LogP contribution >= 0.6 is 11.6 Å². The Balaban J connectivity index is 1.97. The van der Waals surface area contributed by atoms with E-state index in [4.69, 9.17) is 16.1 Å². The van der Waals surface area contributed by atoms with Crippen LogP contribution in [0.5, 0.6) is 0 Å². The van der Waals surface area contributed by atoms with Gasteiger partial charge in [0.1, 0.15) is 10.7 Å². The fraction of sp³-hybridized carbons (Fsp3) is 0.214. The number of sulfonamides is 1. The van der Waals surface area contributed by atoms with Crippen LogP contribution in [0.2, 0.25) is 5.02 Å². The van der Waals surface area contributed by atoms with Crippen molar-refractivity contribution in [1.82, 2.24) is 10.1 Å². The molecular formula is C14H14ClN3O3S. The Hall–Kier alpha value is -1.99. The second-order valence-electron chi connectivity index (χ2n) is 5.22. The third-order valence-electron chi connectivity index (χ3n) is 3.23. The van der Waals surface area contributed by atoms with E-state index in [9.17, 15) is 8.42 Å². The van der Waals surface area contributed by atoms with Gasteiger partial charge in [-0.15, -0.1) is 0 Å². The number of hydrogen-bond donors (Lipinski definition) is 2. The van der Waals surface area contributed by atoms with E-state index in [0.717, 1.165) is 0 Å². The Bertz CT molecular complexity index is 928. The van der Waals surface area contributed by atoms with Crippen molar-refractivity contribution in [2.45, 2.75) is 24.7 Å². The van der Waals surface area contributed by atoms with Gasteiger partial charge in [0.25, 0.3) is 10.0 Å². The highest BCUT2D eigenvalue weighted by atomic mass is 35.5. The maximum atomic E-state index is 12.5. The zero-order valence-electron chi connectivity index (χ0n) is 11.9. The van der Waals surface area contributed by atoms with Crippen molar-refractivity contribution < 1.29 is 12.9 Å². The molecule has 0 aliphatic rings. The van der Waals surface area contributed by atoms with Gasteiger partial charge >= 0.3 is 0 Å². The molecule has 0 fully saturated rings. The molecule has 0 atom stereocenters. The molecule has 0 aliphatic heterocycles. The SMILES string of the molecule is CC(C)c1cc(NS(=O)(=O)c2c[nH]c3cc(Cl)ccc23)no1. The van der Waals surface area contributed by atoms with Crippen molar-refractivity contribution >= 4 is 38.3 Å². The number of aromatic nitrogens is 2. The lowest BCUT2D eigenvalue weighted by Crippen LogP contribution is -2.12. The fourth-order valence-corrected chi connectivity index (χ4v) is 3.43. The molecule has 0 spiro atoms. The summed E-state index contributed by atoms with van der Waals surface area (Å²) in [5.41, 5.74) is 0.649. The first-order valence-corrected chi connectivity index (χ1v) is 8.49. The van der Waals surface area contributed by atoms with E-state index < -0.39 is 10.0 Å². The van der Waals surface area contributed by atoms with E-state index in [1.807, 2.05) is 13.8 Å². The van der Waals surface area contributed by atoms with Crippen LogP contribution in [-0.4, -0.2) is 18.6 Å². The minimum atomic E-state index is -3.77. The normalized spacial score (nSPS) is 12.2.